The highest BCUT2D eigenvalue weighted by Crippen LogP contribution is 2.15. The minimum atomic E-state index is -3.36. The van der Waals surface area contributed by atoms with Crippen molar-refractivity contribution in [3.8, 4) is 0 Å². The molecule has 1 aromatic heterocycles. The van der Waals surface area contributed by atoms with E-state index in [1.807, 2.05) is 23.6 Å². The molecule has 0 N–H and O–H groups in total. The zero-order valence-corrected chi connectivity index (χ0v) is 13.4. The molecule has 0 unspecified atom stereocenters. The van der Waals surface area contributed by atoms with E-state index >= 15 is 0 Å². The third kappa shape index (κ3) is 4.02. The van der Waals surface area contributed by atoms with Crippen molar-refractivity contribution in [2.24, 2.45) is 0 Å². The first kappa shape index (κ1) is 15.4. The normalized spacial score (nSPS) is 11.9. The lowest BCUT2D eigenvalue weighted by molar-refractivity contribution is 0.462. The molecule has 0 atom stereocenters. The lowest BCUT2D eigenvalue weighted by atomic mass is 10.2. The standard InChI is InChI=1S/C13H15ClN2O2S2/c1-16(7-13-8-19-10-15-13)20(17,18)9-12-4-2-3-11(5-12)6-14/h2-5,8,10H,6-7,9H2,1H3. The molecule has 0 spiro atoms. The summed E-state index contributed by atoms with van der Waals surface area (Å²) in [6.45, 7) is 0.293. The Bertz CT molecular complexity index is 657. The van der Waals surface area contributed by atoms with Crippen LogP contribution in [0.15, 0.2) is 35.2 Å². The molecular formula is C13H15ClN2O2S2. The maximum atomic E-state index is 12.3. The predicted molar refractivity (Wildman–Crippen MR) is 82.2 cm³/mol. The minimum absolute atomic E-state index is 0.0294. The van der Waals surface area contributed by atoms with Gasteiger partial charge < -0.3 is 0 Å². The summed E-state index contributed by atoms with van der Waals surface area (Å²) in [4.78, 5) is 4.10. The van der Waals surface area contributed by atoms with Crippen LogP contribution >= 0.6 is 22.9 Å². The molecule has 7 heteroatoms. The van der Waals surface area contributed by atoms with Gasteiger partial charge in [0.1, 0.15) is 0 Å². The highest BCUT2D eigenvalue weighted by Gasteiger charge is 2.19. The molecule has 2 aromatic rings. The van der Waals surface area contributed by atoms with Crippen molar-refractivity contribution in [1.29, 1.82) is 0 Å². The molecule has 1 aromatic carbocycles. The summed E-state index contributed by atoms with van der Waals surface area (Å²) >= 11 is 7.21. The monoisotopic (exact) mass is 330 g/mol. The summed E-state index contributed by atoms with van der Waals surface area (Å²) < 4.78 is 25.9. The summed E-state index contributed by atoms with van der Waals surface area (Å²) in [7, 11) is -1.79. The van der Waals surface area contributed by atoms with Crippen LogP contribution in [0.5, 0.6) is 0 Å². The Labute approximate surface area is 128 Å². The van der Waals surface area contributed by atoms with Crippen LogP contribution in [0.1, 0.15) is 16.8 Å². The summed E-state index contributed by atoms with van der Waals surface area (Å²) in [6, 6.07) is 7.32. The largest absolute Gasteiger partial charge is 0.248 e. The van der Waals surface area contributed by atoms with Gasteiger partial charge in [-0.15, -0.1) is 22.9 Å². The topological polar surface area (TPSA) is 50.3 Å². The maximum absolute atomic E-state index is 12.3. The first-order valence-corrected chi connectivity index (χ1v) is 9.05. The molecule has 4 nitrogen and oxygen atoms in total. The number of sulfonamides is 1. The molecule has 0 saturated carbocycles. The van der Waals surface area contributed by atoms with Crippen molar-refractivity contribution < 1.29 is 8.42 Å². The van der Waals surface area contributed by atoms with Crippen molar-refractivity contribution >= 4 is 33.0 Å². The maximum Gasteiger partial charge on any atom is 0.218 e. The van der Waals surface area contributed by atoms with Crippen molar-refractivity contribution in [1.82, 2.24) is 9.29 Å². The van der Waals surface area contributed by atoms with Gasteiger partial charge in [-0.2, -0.15) is 4.31 Å². The molecule has 0 aliphatic rings. The van der Waals surface area contributed by atoms with E-state index in [-0.39, 0.29) is 5.75 Å². The van der Waals surface area contributed by atoms with E-state index in [1.54, 1.807) is 18.6 Å². The van der Waals surface area contributed by atoms with Crippen LogP contribution in [0.4, 0.5) is 0 Å². The van der Waals surface area contributed by atoms with E-state index in [0.29, 0.717) is 12.4 Å². The van der Waals surface area contributed by atoms with Crippen LogP contribution in [0.25, 0.3) is 0 Å². The Kier molecular flexibility index (Phi) is 5.15. The molecule has 0 aliphatic heterocycles. The molecule has 0 bridgehead atoms. The van der Waals surface area contributed by atoms with E-state index in [1.165, 1.54) is 15.6 Å². The number of alkyl halides is 1. The number of rotatable bonds is 6. The molecule has 0 radical (unpaired) electrons. The summed E-state index contributed by atoms with van der Waals surface area (Å²) in [5.41, 5.74) is 4.12. The number of nitrogens with zero attached hydrogens (tertiary/aromatic N) is 2. The van der Waals surface area contributed by atoms with Gasteiger partial charge in [-0.25, -0.2) is 13.4 Å². The Morgan fingerprint density at radius 3 is 2.75 bits per heavy atom. The lowest BCUT2D eigenvalue weighted by Crippen LogP contribution is -2.27. The summed E-state index contributed by atoms with van der Waals surface area (Å²) in [5, 5.41) is 1.85. The molecule has 0 fully saturated rings. The smallest absolute Gasteiger partial charge is 0.218 e. The van der Waals surface area contributed by atoms with E-state index in [0.717, 1.165) is 16.8 Å². The average molecular weight is 331 g/mol. The molecule has 0 aliphatic carbocycles. The van der Waals surface area contributed by atoms with E-state index in [2.05, 4.69) is 4.98 Å². The molecule has 1 heterocycles. The van der Waals surface area contributed by atoms with Gasteiger partial charge in [-0.05, 0) is 11.1 Å². The van der Waals surface area contributed by atoms with Crippen LogP contribution in [-0.2, 0) is 28.2 Å². The third-order valence-corrected chi connectivity index (χ3v) is 5.56. The fourth-order valence-electron chi connectivity index (χ4n) is 1.77. The fraction of sp³-hybridized carbons (Fsp3) is 0.308. The second kappa shape index (κ2) is 6.67. The van der Waals surface area contributed by atoms with E-state index in [4.69, 9.17) is 11.6 Å². The quantitative estimate of drug-likeness (QED) is 0.765. The first-order valence-electron chi connectivity index (χ1n) is 5.96. The SMILES string of the molecule is CN(Cc1cscn1)S(=O)(=O)Cc1cccc(CCl)c1. The van der Waals surface area contributed by atoms with Crippen molar-refractivity contribution in [3.05, 3.63) is 52.0 Å². The molecule has 108 valence electrons. The van der Waals surface area contributed by atoms with Crippen LogP contribution in [0.3, 0.4) is 0 Å². The van der Waals surface area contributed by atoms with Gasteiger partial charge in [0, 0.05) is 18.3 Å². The highest BCUT2D eigenvalue weighted by molar-refractivity contribution is 7.88. The number of benzene rings is 1. The second-order valence-electron chi connectivity index (χ2n) is 4.45. The van der Waals surface area contributed by atoms with Crippen LogP contribution in [0, 0.1) is 0 Å². The second-order valence-corrected chi connectivity index (χ2v) is 7.51. The van der Waals surface area contributed by atoms with Gasteiger partial charge in [0.2, 0.25) is 10.0 Å². The van der Waals surface area contributed by atoms with Crippen molar-refractivity contribution in [3.63, 3.8) is 0 Å². The highest BCUT2D eigenvalue weighted by atomic mass is 35.5. The number of halogens is 1. The average Bonchev–Trinajstić information content (AvgIpc) is 2.91. The zero-order chi connectivity index (χ0) is 14.6. The molecule has 0 saturated heterocycles. The fourth-order valence-corrected chi connectivity index (χ4v) is 3.63. The van der Waals surface area contributed by atoms with Crippen LogP contribution in [-0.4, -0.2) is 24.8 Å². The number of hydrogen-bond acceptors (Lipinski definition) is 4. The van der Waals surface area contributed by atoms with Gasteiger partial charge >= 0.3 is 0 Å². The summed E-state index contributed by atoms with van der Waals surface area (Å²) in [5.74, 6) is 0.348. The van der Waals surface area contributed by atoms with Crippen molar-refractivity contribution in [2.45, 2.75) is 18.2 Å². The van der Waals surface area contributed by atoms with E-state index in [9.17, 15) is 8.42 Å². The van der Waals surface area contributed by atoms with Gasteiger partial charge in [0.15, 0.2) is 0 Å². The zero-order valence-electron chi connectivity index (χ0n) is 11.0. The van der Waals surface area contributed by atoms with Crippen LogP contribution < -0.4 is 0 Å². The number of hydrogen-bond donors (Lipinski definition) is 0. The Morgan fingerprint density at radius 1 is 1.35 bits per heavy atom. The van der Waals surface area contributed by atoms with Gasteiger partial charge in [0.05, 0.1) is 23.5 Å². The van der Waals surface area contributed by atoms with Crippen LogP contribution in [0.2, 0.25) is 0 Å². The molecule has 20 heavy (non-hydrogen) atoms. The predicted octanol–water partition coefficient (Wildman–Crippen LogP) is 2.84. The Hall–Kier alpha value is -0.950. The molecular weight excluding hydrogens is 316 g/mol. The van der Waals surface area contributed by atoms with Gasteiger partial charge in [-0.3, -0.25) is 0 Å². The summed E-state index contributed by atoms with van der Waals surface area (Å²) in [6.07, 6.45) is 0. The van der Waals surface area contributed by atoms with Gasteiger partial charge in [0.25, 0.3) is 0 Å². The molecule has 0 amide bonds. The minimum Gasteiger partial charge on any atom is -0.248 e. The van der Waals surface area contributed by atoms with E-state index < -0.39 is 10.0 Å². The third-order valence-electron chi connectivity index (χ3n) is 2.84. The Balaban J connectivity index is 2.09. The molecule has 2 rings (SSSR count). The van der Waals surface area contributed by atoms with Crippen molar-refractivity contribution in [2.75, 3.05) is 7.05 Å². The Morgan fingerprint density at radius 2 is 2.10 bits per heavy atom. The number of aromatic nitrogens is 1. The van der Waals surface area contributed by atoms with Gasteiger partial charge in [-0.1, -0.05) is 24.3 Å². The first-order chi connectivity index (χ1) is 9.51. The lowest BCUT2D eigenvalue weighted by Gasteiger charge is -2.16. The number of thiazole rings is 1.